The molecule has 0 aliphatic carbocycles. The van der Waals surface area contributed by atoms with Gasteiger partial charge in [-0.2, -0.15) is 0 Å². The van der Waals surface area contributed by atoms with Gasteiger partial charge in [0.1, 0.15) is 0 Å². The second kappa shape index (κ2) is 8.00. The maximum atomic E-state index is 12.8. The molecule has 0 aliphatic rings. The minimum Gasteiger partial charge on any atom is -0.320 e. The van der Waals surface area contributed by atoms with Crippen LogP contribution in [0.25, 0.3) is 0 Å². The minimum absolute atomic E-state index is 0.0150. The Morgan fingerprint density at radius 2 is 1.62 bits per heavy atom. The molecule has 0 atom stereocenters. The Morgan fingerprint density at radius 1 is 1.00 bits per heavy atom. The Bertz CT molecular complexity index is 659. The molecule has 2 aromatic rings. The molecule has 2 rings (SSSR count). The molecule has 0 heterocycles. The zero-order valence-corrected chi connectivity index (χ0v) is 15.2. The molecular weight excluding hydrogens is 296 g/mol. The van der Waals surface area contributed by atoms with Crippen LogP contribution in [0.2, 0.25) is 0 Å². The summed E-state index contributed by atoms with van der Waals surface area (Å²) in [6.07, 6.45) is 0.932. The van der Waals surface area contributed by atoms with Crippen LogP contribution < -0.4 is 5.32 Å². The number of benzene rings is 2. The van der Waals surface area contributed by atoms with Crippen molar-refractivity contribution in [2.24, 2.45) is 0 Å². The number of para-hydroxylation sites is 1. The number of carbonyl (C=O) groups is 1. The lowest BCUT2D eigenvalue weighted by Crippen LogP contribution is -2.35. The summed E-state index contributed by atoms with van der Waals surface area (Å²) in [7, 11) is 0. The summed E-state index contributed by atoms with van der Waals surface area (Å²) in [4.78, 5) is 14.7. The highest BCUT2D eigenvalue weighted by Gasteiger charge is 2.20. The van der Waals surface area contributed by atoms with Gasteiger partial charge in [0.05, 0.1) is 0 Å². The lowest BCUT2D eigenvalue weighted by molar-refractivity contribution is 0.209. The van der Waals surface area contributed by atoms with E-state index in [9.17, 15) is 4.79 Å². The fourth-order valence-electron chi connectivity index (χ4n) is 2.77. The van der Waals surface area contributed by atoms with Crippen molar-refractivity contribution >= 4 is 11.7 Å². The number of hydrogen-bond donors (Lipinski definition) is 1. The fourth-order valence-corrected chi connectivity index (χ4v) is 2.77. The van der Waals surface area contributed by atoms with E-state index in [1.54, 1.807) is 0 Å². The van der Waals surface area contributed by atoms with E-state index in [0.29, 0.717) is 6.54 Å². The highest BCUT2D eigenvalue weighted by Crippen LogP contribution is 2.29. The van der Waals surface area contributed by atoms with E-state index in [0.717, 1.165) is 29.8 Å². The van der Waals surface area contributed by atoms with E-state index in [1.165, 1.54) is 0 Å². The molecule has 0 spiro atoms. The first-order valence-corrected chi connectivity index (χ1v) is 8.61. The summed E-state index contributed by atoms with van der Waals surface area (Å²) in [5.41, 5.74) is 3.17. The number of nitrogens with one attached hydrogen (secondary N) is 1. The first kappa shape index (κ1) is 18.1. The summed E-state index contributed by atoms with van der Waals surface area (Å²) in [6.45, 7) is 9.92. The molecule has 1 N–H and O–H groups in total. The van der Waals surface area contributed by atoms with Crippen LogP contribution in [0.1, 0.15) is 45.2 Å². The Labute approximate surface area is 145 Å². The van der Waals surface area contributed by atoms with E-state index in [1.807, 2.05) is 41.3 Å². The van der Waals surface area contributed by atoms with Crippen LogP contribution in [0.5, 0.6) is 0 Å². The SMILES string of the molecule is CCCN(Cc1ccccc1)C(=O)Nc1ccccc1C(C)(C)C. The van der Waals surface area contributed by atoms with Crippen LogP contribution in [0.3, 0.4) is 0 Å². The van der Waals surface area contributed by atoms with Crippen LogP contribution >= 0.6 is 0 Å². The van der Waals surface area contributed by atoms with Gasteiger partial charge in [-0.15, -0.1) is 0 Å². The van der Waals surface area contributed by atoms with Gasteiger partial charge in [0.25, 0.3) is 0 Å². The lowest BCUT2D eigenvalue weighted by atomic mass is 9.86. The molecule has 0 aromatic heterocycles. The van der Waals surface area contributed by atoms with Crippen molar-refractivity contribution < 1.29 is 4.79 Å². The predicted octanol–water partition coefficient (Wildman–Crippen LogP) is 5.43. The third-order valence-electron chi connectivity index (χ3n) is 3.97. The number of nitrogens with zero attached hydrogens (tertiary/aromatic N) is 1. The second-order valence-corrected chi connectivity index (χ2v) is 7.13. The van der Waals surface area contributed by atoms with Crippen LogP contribution in [-0.2, 0) is 12.0 Å². The molecule has 2 amide bonds. The van der Waals surface area contributed by atoms with E-state index in [-0.39, 0.29) is 11.4 Å². The second-order valence-electron chi connectivity index (χ2n) is 7.13. The molecule has 0 bridgehead atoms. The van der Waals surface area contributed by atoms with Crippen molar-refractivity contribution in [3.63, 3.8) is 0 Å². The number of amides is 2. The summed E-state index contributed by atoms with van der Waals surface area (Å²) >= 11 is 0. The summed E-state index contributed by atoms with van der Waals surface area (Å²) in [6, 6.07) is 18.1. The highest BCUT2D eigenvalue weighted by molar-refractivity contribution is 5.90. The molecule has 0 fully saturated rings. The third-order valence-corrected chi connectivity index (χ3v) is 3.97. The Balaban J connectivity index is 2.17. The summed E-state index contributed by atoms with van der Waals surface area (Å²) in [5, 5.41) is 3.11. The van der Waals surface area contributed by atoms with Crippen LogP contribution in [0, 0.1) is 0 Å². The predicted molar refractivity (Wildman–Crippen MR) is 101 cm³/mol. The molecule has 3 nitrogen and oxygen atoms in total. The third kappa shape index (κ3) is 4.85. The molecule has 0 radical (unpaired) electrons. The van der Waals surface area contributed by atoms with Gasteiger partial charge in [-0.1, -0.05) is 76.2 Å². The van der Waals surface area contributed by atoms with E-state index < -0.39 is 0 Å². The smallest absolute Gasteiger partial charge is 0.320 e. The molecule has 0 saturated heterocycles. The maximum absolute atomic E-state index is 12.8. The first-order chi connectivity index (χ1) is 11.4. The van der Waals surface area contributed by atoms with Gasteiger partial charge in [-0.05, 0) is 29.0 Å². The lowest BCUT2D eigenvalue weighted by Gasteiger charge is -2.26. The average molecular weight is 324 g/mol. The number of hydrogen-bond acceptors (Lipinski definition) is 1. The number of carbonyl (C=O) groups excluding carboxylic acids is 1. The standard InChI is InChI=1S/C21H28N2O/c1-5-15-23(16-17-11-7-6-8-12-17)20(24)22-19-14-10-9-13-18(19)21(2,3)4/h6-14H,5,15-16H2,1-4H3,(H,22,24). The van der Waals surface area contributed by atoms with E-state index in [2.05, 4.69) is 51.2 Å². The fraction of sp³-hybridized carbons (Fsp3) is 0.381. The van der Waals surface area contributed by atoms with Gasteiger partial charge in [0.2, 0.25) is 0 Å². The highest BCUT2D eigenvalue weighted by atomic mass is 16.2. The molecule has 2 aromatic carbocycles. The van der Waals surface area contributed by atoms with Crippen LogP contribution in [0.4, 0.5) is 10.5 Å². The van der Waals surface area contributed by atoms with Crippen LogP contribution in [0.15, 0.2) is 54.6 Å². The number of urea groups is 1. The normalized spacial score (nSPS) is 11.2. The first-order valence-electron chi connectivity index (χ1n) is 8.61. The maximum Gasteiger partial charge on any atom is 0.322 e. The minimum atomic E-state index is -0.0441. The van der Waals surface area contributed by atoms with E-state index in [4.69, 9.17) is 0 Å². The van der Waals surface area contributed by atoms with Crippen LogP contribution in [-0.4, -0.2) is 17.5 Å². The molecule has 0 unspecified atom stereocenters. The van der Waals surface area contributed by atoms with Crippen molar-refractivity contribution in [2.75, 3.05) is 11.9 Å². The van der Waals surface area contributed by atoms with Gasteiger partial charge in [0, 0.05) is 18.8 Å². The van der Waals surface area contributed by atoms with Gasteiger partial charge < -0.3 is 10.2 Å². The van der Waals surface area contributed by atoms with Crippen molar-refractivity contribution in [1.82, 2.24) is 4.90 Å². The molecule has 0 aliphatic heterocycles. The van der Waals surface area contributed by atoms with Crippen molar-refractivity contribution in [2.45, 2.75) is 46.1 Å². The Morgan fingerprint density at radius 3 is 2.25 bits per heavy atom. The molecule has 24 heavy (non-hydrogen) atoms. The zero-order chi connectivity index (χ0) is 17.6. The summed E-state index contributed by atoms with van der Waals surface area (Å²) < 4.78 is 0. The number of rotatable bonds is 5. The monoisotopic (exact) mass is 324 g/mol. The molecular formula is C21H28N2O. The quantitative estimate of drug-likeness (QED) is 0.781. The van der Waals surface area contributed by atoms with Crippen molar-refractivity contribution in [3.8, 4) is 0 Å². The topological polar surface area (TPSA) is 32.3 Å². The van der Waals surface area contributed by atoms with Gasteiger partial charge in [-0.3, -0.25) is 0 Å². The zero-order valence-electron chi connectivity index (χ0n) is 15.2. The van der Waals surface area contributed by atoms with Gasteiger partial charge >= 0.3 is 6.03 Å². The molecule has 3 heteroatoms. The van der Waals surface area contributed by atoms with Crippen molar-refractivity contribution in [1.29, 1.82) is 0 Å². The van der Waals surface area contributed by atoms with Gasteiger partial charge in [-0.25, -0.2) is 4.79 Å². The average Bonchev–Trinajstić information content (AvgIpc) is 2.55. The Hall–Kier alpha value is -2.29. The van der Waals surface area contributed by atoms with Gasteiger partial charge in [0.15, 0.2) is 0 Å². The summed E-state index contributed by atoms with van der Waals surface area (Å²) in [5.74, 6) is 0. The molecule has 128 valence electrons. The van der Waals surface area contributed by atoms with E-state index >= 15 is 0 Å². The van der Waals surface area contributed by atoms with Crippen molar-refractivity contribution in [3.05, 3.63) is 65.7 Å². The number of anilines is 1. The largest absolute Gasteiger partial charge is 0.322 e. The molecule has 0 saturated carbocycles. The Kier molecular flexibility index (Phi) is 6.02.